The third-order valence-corrected chi connectivity index (χ3v) is 4.56. The molecule has 0 saturated carbocycles. The lowest BCUT2D eigenvalue weighted by molar-refractivity contribution is -0.114. The van der Waals surface area contributed by atoms with E-state index in [0.29, 0.717) is 17.0 Å². The summed E-state index contributed by atoms with van der Waals surface area (Å²) in [6.45, 7) is 1.20. The molecule has 0 spiro atoms. The molecule has 1 amide bonds. The number of benzene rings is 2. The van der Waals surface area contributed by atoms with Crippen molar-refractivity contribution in [3.63, 3.8) is 0 Å². The van der Waals surface area contributed by atoms with Gasteiger partial charge in [0, 0.05) is 12.6 Å². The minimum Gasteiger partial charge on any atom is -0.495 e. The minimum atomic E-state index is -3.82. The molecular formula is C16H18N2O5S. The van der Waals surface area contributed by atoms with Crippen LogP contribution >= 0.6 is 0 Å². The first-order chi connectivity index (χ1) is 11.4. The molecular weight excluding hydrogens is 332 g/mol. The number of hydrogen-bond donors (Lipinski definition) is 3. The predicted octanol–water partition coefficient (Wildman–Crippen LogP) is 1.95. The first-order valence-corrected chi connectivity index (χ1v) is 8.52. The van der Waals surface area contributed by atoms with Crippen molar-refractivity contribution in [2.75, 3.05) is 17.1 Å². The van der Waals surface area contributed by atoms with Gasteiger partial charge < -0.3 is 15.2 Å². The van der Waals surface area contributed by atoms with Gasteiger partial charge in [0.05, 0.1) is 24.3 Å². The van der Waals surface area contributed by atoms with Crippen molar-refractivity contribution in [1.29, 1.82) is 0 Å². The van der Waals surface area contributed by atoms with Crippen LogP contribution in [0.3, 0.4) is 0 Å². The molecule has 2 aromatic rings. The smallest absolute Gasteiger partial charge is 0.262 e. The Kier molecular flexibility index (Phi) is 5.42. The van der Waals surface area contributed by atoms with Gasteiger partial charge in [0.2, 0.25) is 5.91 Å². The lowest BCUT2D eigenvalue weighted by atomic mass is 10.2. The van der Waals surface area contributed by atoms with Gasteiger partial charge in [-0.15, -0.1) is 0 Å². The van der Waals surface area contributed by atoms with E-state index in [1.165, 1.54) is 44.4 Å². The molecule has 0 unspecified atom stereocenters. The summed E-state index contributed by atoms with van der Waals surface area (Å²) in [6.07, 6.45) is 0. The number of methoxy groups -OCH3 is 1. The molecule has 128 valence electrons. The Labute approximate surface area is 140 Å². The molecule has 0 atom stereocenters. The second-order valence-electron chi connectivity index (χ2n) is 5.00. The zero-order valence-corrected chi connectivity index (χ0v) is 14.1. The van der Waals surface area contributed by atoms with E-state index in [1.807, 2.05) is 0 Å². The third-order valence-electron chi connectivity index (χ3n) is 3.18. The average molecular weight is 350 g/mol. The maximum Gasteiger partial charge on any atom is 0.262 e. The Morgan fingerprint density at radius 1 is 1.17 bits per heavy atom. The fraction of sp³-hybridized carbons (Fsp3) is 0.188. The highest BCUT2D eigenvalue weighted by Gasteiger charge is 2.17. The van der Waals surface area contributed by atoms with E-state index in [4.69, 9.17) is 9.84 Å². The number of rotatable bonds is 6. The monoisotopic (exact) mass is 350 g/mol. The standard InChI is InChI=1S/C16H18N2O5S/c1-11(20)17-13-4-6-14(7-5-13)24(21,22)18-15-8-3-12(10-19)9-16(15)23-2/h3-9,18-19H,10H2,1-2H3,(H,17,20). The highest BCUT2D eigenvalue weighted by Crippen LogP contribution is 2.28. The Hall–Kier alpha value is -2.58. The van der Waals surface area contributed by atoms with E-state index < -0.39 is 10.0 Å². The Morgan fingerprint density at radius 3 is 2.38 bits per heavy atom. The van der Waals surface area contributed by atoms with E-state index in [-0.39, 0.29) is 23.1 Å². The van der Waals surface area contributed by atoms with Gasteiger partial charge in [0.1, 0.15) is 5.75 Å². The Morgan fingerprint density at radius 2 is 1.83 bits per heavy atom. The molecule has 3 N–H and O–H groups in total. The molecule has 0 aliphatic rings. The number of aliphatic hydroxyl groups is 1. The number of nitrogens with one attached hydrogen (secondary N) is 2. The van der Waals surface area contributed by atoms with Crippen LogP contribution in [0.2, 0.25) is 0 Å². The van der Waals surface area contributed by atoms with E-state index in [0.717, 1.165) is 0 Å². The molecule has 0 saturated heterocycles. The first-order valence-electron chi connectivity index (χ1n) is 7.04. The van der Waals surface area contributed by atoms with E-state index in [1.54, 1.807) is 12.1 Å². The predicted molar refractivity (Wildman–Crippen MR) is 90.5 cm³/mol. The number of amides is 1. The van der Waals surface area contributed by atoms with Crippen molar-refractivity contribution >= 4 is 27.3 Å². The largest absolute Gasteiger partial charge is 0.495 e. The van der Waals surface area contributed by atoms with Crippen molar-refractivity contribution in [2.24, 2.45) is 0 Å². The van der Waals surface area contributed by atoms with Crippen molar-refractivity contribution < 1.29 is 23.1 Å². The molecule has 2 rings (SSSR count). The molecule has 0 heterocycles. The molecule has 8 heteroatoms. The Bertz CT molecular complexity index is 832. The van der Waals surface area contributed by atoms with Gasteiger partial charge in [-0.25, -0.2) is 8.42 Å². The van der Waals surface area contributed by atoms with Crippen LogP contribution in [-0.2, 0) is 21.4 Å². The van der Waals surface area contributed by atoms with Crippen LogP contribution in [0.25, 0.3) is 0 Å². The van der Waals surface area contributed by atoms with Crippen LogP contribution in [-0.4, -0.2) is 26.5 Å². The number of hydrogen-bond acceptors (Lipinski definition) is 5. The zero-order valence-electron chi connectivity index (χ0n) is 13.2. The summed E-state index contributed by atoms with van der Waals surface area (Å²) in [6, 6.07) is 10.5. The molecule has 24 heavy (non-hydrogen) atoms. The quantitative estimate of drug-likeness (QED) is 0.738. The van der Waals surface area contributed by atoms with Crippen molar-refractivity contribution in [1.82, 2.24) is 0 Å². The number of anilines is 2. The number of carbonyl (C=O) groups is 1. The van der Waals surface area contributed by atoms with Crippen LogP contribution in [0.1, 0.15) is 12.5 Å². The molecule has 0 fully saturated rings. The van der Waals surface area contributed by atoms with E-state index in [2.05, 4.69) is 10.0 Å². The summed E-state index contributed by atoms with van der Waals surface area (Å²) in [5.74, 6) is 0.0671. The van der Waals surface area contributed by atoms with E-state index >= 15 is 0 Å². The number of aliphatic hydroxyl groups excluding tert-OH is 1. The fourth-order valence-corrected chi connectivity index (χ4v) is 3.11. The topological polar surface area (TPSA) is 105 Å². The van der Waals surface area contributed by atoms with Gasteiger partial charge in [-0.3, -0.25) is 9.52 Å². The summed E-state index contributed by atoms with van der Waals surface area (Å²) in [4.78, 5) is 11.0. The maximum atomic E-state index is 12.5. The summed E-state index contributed by atoms with van der Waals surface area (Å²) in [7, 11) is -2.40. The number of ether oxygens (including phenoxy) is 1. The van der Waals surface area contributed by atoms with Gasteiger partial charge in [-0.1, -0.05) is 6.07 Å². The highest BCUT2D eigenvalue weighted by atomic mass is 32.2. The summed E-state index contributed by atoms with van der Waals surface area (Å²) in [5.41, 5.74) is 1.38. The van der Waals surface area contributed by atoms with Crippen LogP contribution in [0.5, 0.6) is 5.75 Å². The summed E-state index contributed by atoms with van der Waals surface area (Å²) >= 11 is 0. The lowest BCUT2D eigenvalue weighted by Crippen LogP contribution is -2.14. The molecule has 0 aliphatic heterocycles. The number of carbonyl (C=O) groups excluding carboxylic acids is 1. The molecule has 7 nitrogen and oxygen atoms in total. The van der Waals surface area contributed by atoms with Crippen LogP contribution < -0.4 is 14.8 Å². The SMILES string of the molecule is COc1cc(CO)ccc1NS(=O)(=O)c1ccc(NC(C)=O)cc1. The van der Waals surface area contributed by atoms with Crippen LogP contribution in [0.4, 0.5) is 11.4 Å². The second-order valence-corrected chi connectivity index (χ2v) is 6.69. The normalized spacial score (nSPS) is 11.0. The van der Waals surface area contributed by atoms with Gasteiger partial charge in [0.25, 0.3) is 10.0 Å². The highest BCUT2D eigenvalue weighted by molar-refractivity contribution is 7.92. The zero-order chi connectivity index (χ0) is 17.7. The fourth-order valence-electron chi connectivity index (χ4n) is 2.04. The van der Waals surface area contributed by atoms with Gasteiger partial charge in [-0.2, -0.15) is 0 Å². The molecule has 0 aromatic heterocycles. The van der Waals surface area contributed by atoms with Crippen molar-refractivity contribution in [3.8, 4) is 5.75 Å². The Balaban J connectivity index is 2.26. The maximum absolute atomic E-state index is 12.5. The third kappa shape index (κ3) is 4.24. The van der Waals surface area contributed by atoms with Gasteiger partial charge in [0.15, 0.2) is 0 Å². The molecule has 0 radical (unpaired) electrons. The summed E-state index contributed by atoms with van der Waals surface area (Å²) in [5, 5.41) is 11.7. The number of sulfonamides is 1. The summed E-state index contributed by atoms with van der Waals surface area (Å²) < 4.78 is 32.5. The first kappa shape index (κ1) is 17.8. The van der Waals surface area contributed by atoms with Crippen molar-refractivity contribution in [2.45, 2.75) is 18.4 Å². The minimum absolute atomic E-state index is 0.0462. The van der Waals surface area contributed by atoms with Gasteiger partial charge in [-0.05, 0) is 42.0 Å². The molecule has 0 aliphatic carbocycles. The molecule has 0 bridgehead atoms. The van der Waals surface area contributed by atoms with E-state index in [9.17, 15) is 13.2 Å². The second kappa shape index (κ2) is 7.33. The van der Waals surface area contributed by atoms with Gasteiger partial charge >= 0.3 is 0 Å². The molecule has 2 aromatic carbocycles. The lowest BCUT2D eigenvalue weighted by Gasteiger charge is -2.13. The van der Waals surface area contributed by atoms with Crippen LogP contribution in [0, 0.1) is 0 Å². The van der Waals surface area contributed by atoms with Crippen molar-refractivity contribution in [3.05, 3.63) is 48.0 Å². The van der Waals surface area contributed by atoms with Crippen LogP contribution in [0.15, 0.2) is 47.4 Å². The average Bonchev–Trinajstić information content (AvgIpc) is 2.55.